The van der Waals surface area contributed by atoms with Gasteiger partial charge in [-0.2, -0.15) is 0 Å². The summed E-state index contributed by atoms with van der Waals surface area (Å²) < 4.78 is 21.3. The summed E-state index contributed by atoms with van der Waals surface area (Å²) >= 11 is 0. The molecule has 4 rings (SSSR count). The van der Waals surface area contributed by atoms with Crippen molar-refractivity contribution in [2.75, 3.05) is 21.0 Å². The van der Waals surface area contributed by atoms with Gasteiger partial charge in [0.25, 0.3) is 5.69 Å². The average Bonchev–Trinajstić information content (AvgIpc) is 3.12. The smallest absolute Gasteiger partial charge is 0.281 e. The molecule has 0 fully saturated rings. The van der Waals surface area contributed by atoms with Gasteiger partial charge in [-0.1, -0.05) is 12.1 Å². The highest BCUT2D eigenvalue weighted by Gasteiger charge is 2.24. The summed E-state index contributed by atoms with van der Waals surface area (Å²) in [5.74, 6) is 2.10. The molecule has 0 radical (unpaired) electrons. The summed E-state index contributed by atoms with van der Waals surface area (Å²) in [4.78, 5) is 11.1. The summed E-state index contributed by atoms with van der Waals surface area (Å²) in [6.07, 6.45) is 0. The van der Waals surface area contributed by atoms with E-state index in [1.165, 1.54) is 6.07 Å². The average molecular weight is 353 g/mol. The van der Waals surface area contributed by atoms with Crippen LogP contribution in [-0.4, -0.2) is 25.9 Å². The molecule has 0 N–H and O–H groups in total. The van der Waals surface area contributed by atoms with Crippen molar-refractivity contribution in [2.24, 2.45) is 0 Å². The van der Waals surface area contributed by atoms with Crippen LogP contribution in [0.2, 0.25) is 0 Å². The molecule has 1 heterocycles. The number of benzene rings is 3. The Labute approximate surface area is 148 Å². The molecule has 7 nitrogen and oxygen atoms in total. The van der Waals surface area contributed by atoms with Crippen LogP contribution in [-0.2, 0) is 0 Å². The second-order valence-corrected chi connectivity index (χ2v) is 5.75. The third-order valence-electron chi connectivity index (χ3n) is 4.34. The third kappa shape index (κ3) is 2.54. The van der Waals surface area contributed by atoms with E-state index in [9.17, 15) is 10.1 Å². The molecule has 132 valence electrons. The van der Waals surface area contributed by atoms with Crippen LogP contribution in [0.1, 0.15) is 0 Å². The molecule has 0 saturated carbocycles. The standard InChI is InChI=1S/C19H15NO6/c1-23-16-6-11-3-4-12(5-13(11)7-17(16)24-2)14-8-18-19(26-10-25-18)9-15(14)20(21)22/h3-9H,10H2,1-2H3. The predicted octanol–water partition coefficient (Wildman–Crippen LogP) is 4.16. The van der Waals surface area contributed by atoms with Gasteiger partial charge in [0.1, 0.15) is 0 Å². The lowest BCUT2D eigenvalue weighted by Gasteiger charge is -2.11. The van der Waals surface area contributed by atoms with Crippen molar-refractivity contribution in [2.45, 2.75) is 0 Å². The summed E-state index contributed by atoms with van der Waals surface area (Å²) in [6, 6.07) is 12.4. The van der Waals surface area contributed by atoms with E-state index >= 15 is 0 Å². The highest BCUT2D eigenvalue weighted by molar-refractivity contribution is 5.91. The molecule has 0 saturated heterocycles. The summed E-state index contributed by atoms with van der Waals surface area (Å²) in [5.41, 5.74) is 1.14. The first-order valence-corrected chi connectivity index (χ1v) is 7.85. The molecule has 0 atom stereocenters. The lowest BCUT2D eigenvalue weighted by Crippen LogP contribution is -1.93. The van der Waals surface area contributed by atoms with Gasteiger partial charge in [-0.15, -0.1) is 0 Å². The molecule has 7 heteroatoms. The van der Waals surface area contributed by atoms with E-state index in [1.54, 1.807) is 20.3 Å². The fourth-order valence-electron chi connectivity index (χ4n) is 3.06. The van der Waals surface area contributed by atoms with Crippen LogP contribution in [0.3, 0.4) is 0 Å². The van der Waals surface area contributed by atoms with E-state index in [0.29, 0.717) is 34.1 Å². The molecule has 0 amide bonds. The van der Waals surface area contributed by atoms with Gasteiger partial charge in [0.2, 0.25) is 6.79 Å². The van der Waals surface area contributed by atoms with Gasteiger partial charge < -0.3 is 18.9 Å². The highest BCUT2D eigenvalue weighted by atomic mass is 16.7. The number of ether oxygens (including phenoxy) is 4. The Morgan fingerprint density at radius 1 is 0.923 bits per heavy atom. The summed E-state index contributed by atoms with van der Waals surface area (Å²) in [6.45, 7) is 0.0602. The molecule has 0 bridgehead atoms. The second-order valence-electron chi connectivity index (χ2n) is 5.75. The van der Waals surface area contributed by atoms with Crippen molar-refractivity contribution in [3.63, 3.8) is 0 Å². The van der Waals surface area contributed by atoms with Gasteiger partial charge in [-0.05, 0) is 40.6 Å². The van der Waals surface area contributed by atoms with E-state index < -0.39 is 4.92 Å². The molecule has 1 aliphatic rings. The van der Waals surface area contributed by atoms with Crippen LogP contribution in [0.25, 0.3) is 21.9 Å². The third-order valence-corrected chi connectivity index (χ3v) is 4.34. The van der Waals surface area contributed by atoms with Crippen LogP contribution in [0.4, 0.5) is 5.69 Å². The quantitative estimate of drug-likeness (QED) is 0.517. The maximum atomic E-state index is 11.5. The fraction of sp³-hybridized carbons (Fsp3) is 0.158. The van der Waals surface area contributed by atoms with Gasteiger partial charge in [0.05, 0.1) is 30.8 Å². The Bertz CT molecular complexity index is 1030. The van der Waals surface area contributed by atoms with Crippen LogP contribution >= 0.6 is 0 Å². The van der Waals surface area contributed by atoms with Gasteiger partial charge in [-0.25, -0.2) is 0 Å². The number of nitrogens with zero attached hydrogens (tertiary/aromatic N) is 1. The maximum Gasteiger partial charge on any atom is 0.281 e. The largest absolute Gasteiger partial charge is 0.493 e. The Balaban J connectivity index is 1.90. The normalized spacial score (nSPS) is 12.2. The van der Waals surface area contributed by atoms with Crippen molar-refractivity contribution in [1.29, 1.82) is 0 Å². The zero-order chi connectivity index (χ0) is 18.3. The zero-order valence-electron chi connectivity index (χ0n) is 14.1. The topological polar surface area (TPSA) is 80.1 Å². The molecule has 3 aromatic rings. The minimum absolute atomic E-state index is 0.0333. The Morgan fingerprint density at radius 3 is 2.23 bits per heavy atom. The van der Waals surface area contributed by atoms with Gasteiger partial charge in [-0.3, -0.25) is 10.1 Å². The Morgan fingerprint density at radius 2 is 1.58 bits per heavy atom. The van der Waals surface area contributed by atoms with Gasteiger partial charge in [0, 0.05) is 0 Å². The van der Waals surface area contributed by atoms with E-state index in [-0.39, 0.29) is 12.5 Å². The lowest BCUT2D eigenvalue weighted by molar-refractivity contribution is -0.384. The predicted molar refractivity (Wildman–Crippen MR) is 95.3 cm³/mol. The number of methoxy groups -OCH3 is 2. The van der Waals surface area contributed by atoms with Crippen LogP contribution in [0.15, 0.2) is 42.5 Å². The van der Waals surface area contributed by atoms with Crippen molar-refractivity contribution < 1.29 is 23.9 Å². The van der Waals surface area contributed by atoms with Crippen molar-refractivity contribution >= 4 is 16.5 Å². The first kappa shape index (κ1) is 16.0. The van der Waals surface area contributed by atoms with Crippen LogP contribution in [0, 0.1) is 10.1 Å². The van der Waals surface area contributed by atoms with E-state index in [4.69, 9.17) is 18.9 Å². The SMILES string of the molecule is COc1cc2ccc(-c3cc4c(cc3[N+](=O)[O-])OCO4)cc2cc1OC. The first-order chi connectivity index (χ1) is 12.6. The summed E-state index contributed by atoms with van der Waals surface area (Å²) in [5, 5.41) is 13.3. The van der Waals surface area contributed by atoms with E-state index in [1.807, 2.05) is 30.3 Å². The number of nitro benzene ring substituents is 1. The van der Waals surface area contributed by atoms with E-state index in [2.05, 4.69) is 0 Å². The maximum absolute atomic E-state index is 11.5. The Kier molecular flexibility index (Phi) is 3.76. The monoisotopic (exact) mass is 353 g/mol. The highest BCUT2D eigenvalue weighted by Crippen LogP contribution is 2.43. The van der Waals surface area contributed by atoms with Gasteiger partial charge in [0.15, 0.2) is 23.0 Å². The minimum atomic E-state index is -0.421. The number of hydrogen-bond acceptors (Lipinski definition) is 6. The lowest BCUT2D eigenvalue weighted by atomic mass is 9.99. The molecular formula is C19H15NO6. The second kappa shape index (κ2) is 6.11. The fourth-order valence-corrected chi connectivity index (χ4v) is 3.06. The molecule has 0 spiro atoms. The molecule has 1 aliphatic heterocycles. The minimum Gasteiger partial charge on any atom is -0.493 e. The van der Waals surface area contributed by atoms with Crippen molar-refractivity contribution in [3.05, 3.63) is 52.6 Å². The molecule has 3 aromatic carbocycles. The number of nitro groups is 1. The Hall–Kier alpha value is -3.48. The number of hydrogen-bond donors (Lipinski definition) is 0. The molecule has 0 aromatic heterocycles. The van der Waals surface area contributed by atoms with Crippen molar-refractivity contribution in [1.82, 2.24) is 0 Å². The number of rotatable bonds is 4. The zero-order valence-corrected chi connectivity index (χ0v) is 14.1. The first-order valence-electron chi connectivity index (χ1n) is 7.85. The molecule has 0 aliphatic carbocycles. The van der Waals surface area contributed by atoms with Gasteiger partial charge >= 0.3 is 0 Å². The van der Waals surface area contributed by atoms with E-state index in [0.717, 1.165) is 10.8 Å². The number of fused-ring (bicyclic) bond motifs is 2. The van der Waals surface area contributed by atoms with Crippen LogP contribution in [0.5, 0.6) is 23.0 Å². The molecule has 26 heavy (non-hydrogen) atoms. The summed E-state index contributed by atoms with van der Waals surface area (Å²) in [7, 11) is 3.14. The van der Waals surface area contributed by atoms with Crippen molar-refractivity contribution in [3.8, 4) is 34.1 Å². The van der Waals surface area contributed by atoms with Crippen LogP contribution < -0.4 is 18.9 Å². The molecule has 0 unspecified atom stereocenters. The molecular weight excluding hydrogens is 338 g/mol.